The topological polar surface area (TPSA) is 78.7 Å². The number of anilines is 1. The van der Waals surface area contributed by atoms with Crippen LogP contribution in [-0.2, 0) is 13.1 Å². The number of nitrogens with two attached hydrogens (primary N) is 1. The van der Waals surface area contributed by atoms with E-state index in [0.29, 0.717) is 27.8 Å². The molecule has 0 amide bonds. The second-order valence-electron chi connectivity index (χ2n) is 5.31. The van der Waals surface area contributed by atoms with Crippen LogP contribution in [0.25, 0.3) is 11.2 Å². The van der Waals surface area contributed by atoms with Crippen molar-refractivity contribution < 1.29 is 0 Å². The Balaban J connectivity index is 2.21. The van der Waals surface area contributed by atoms with Crippen LogP contribution in [0.1, 0.15) is 18.9 Å². The predicted octanol–water partition coefficient (Wildman–Crippen LogP) is 3.59. The Morgan fingerprint density at radius 2 is 1.88 bits per heavy atom. The molecule has 0 spiro atoms. The van der Waals surface area contributed by atoms with E-state index in [9.17, 15) is 4.79 Å². The highest BCUT2D eigenvalue weighted by atomic mass is 35.5. The zero-order valence-electron chi connectivity index (χ0n) is 12.8. The van der Waals surface area contributed by atoms with Gasteiger partial charge < -0.3 is 5.73 Å². The van der Waals surface area contributed by atoms with Crippen molar-refractivity contribution in [1.29, 1.82) is 0 Å². The Labute approximate surface area is 152 Å². The number of aryl methyl sites for hydroxylation is 1. The Morgan fingerprint density at radius 1 is 1.12 bits per heavy atom. The van der Waals surface area contributed by atoms with Crippen LogP contribution < -0.4 is 11.4 Å². The summed E-state index contributed by atoms with van der Waals surface area (Å²) < 4.78 is 3.07. The number of rotatable bonds is 4. The Morgan fingerprint density at radius 3 is 2.54 bits per heavy atom. The SMILES string of the molecule is CCCn1c(=O)n(Cc2ccc(Cl)c(Cl)c2)c2nc(N)nc(Cl)c21. The van der Waals surface area contributed by atoms with E-state index in [-0.39, 0.29) is 23.3 Å². The number of halogens is 3. The molecule has 2 aromatic heterocycles. The van der Waals surface area contributed by atoms with Gasteiger partial charge in [-0.1, -0.05) is 47.8 Å². The molecule has 0 saturated carbocycles. The van der Waals surface area contributed by atoms with E-state index in [1.54, 1.807) is 22.8 Å². The van der Waals surface area contributed by atoms with E-state index >= 15 is 0 Å². The van der Waals surface area contributed by atoms with Crippen molar-refractivity contribution in [3.63, 3.8) is 0 Å². The van der Waals surface area contributed by atoms with E-state index in [4.69, 9.17) is 40.5 Å². The molecule has 126 valence electrons. The zero-order valence-corrected chi connectivity index (χ0v) is 15.0. The smallest absolute Gasteiger partial charge is 0.330 e. The summed E-state index contributed by atoms with van der Waals surface area (Å²) in [6.45, 7) is 2.76. The van der Waals surface area contributed by atoms with Gasteiger partial charge in [0.05, 0.1) is 16.6 Å². The maximum atomic E-state index is 12.8. The van der Waals surface area contributed by atoms with Crippen LogP contribution in [0.3, 0.4) is 0 Å². The van der Waals surface area contributed by atoms with Crippen LogP contribution in [-0.4, -0.2) is 19.1 Å². The molecule has 0 aliphatic rings. The van der Waals surface area contributed by atoms with E-state index in [1.165, 1.54) is 4.57 Å². The summed E-state index contributed by atoms with van der Waals surface area (Å²) in [5, 5.41) is 1.04. The fourth-order valence-corrected chi connectivity index (χ4v) is 3.17. The third-order valence-electron chi connectivity index (χ3n) is 3.60. The molecule has 6 nitrogen and oxygen atoms in total. The van der Waals surface area contributed by atoms with Crippen LogP contribution in [0.4, 0.5) is 5.95 Å². The monoisotopic (exact) mass is 385 g/mol. The first-order valence-corrected chi connectivity index (χ1v) is 8.41. The van der Waals surface area contributed by atoms with Crippen molar-refractivity contribution in [3.8, 4) is 0 Å². The summed E-state index contributed by atoms with van der Waals surface area (Å²) in [7, 11) is 0. The minimum atomic E-state index is -0.222. The Hall–Kier alpha value is -1.76. The molecule has 0 fully saturated rings. The molecule has 9 heteroatoms. The van der Waals surface area contributed by atoms with Gasteiger partial charge in [-0.25, -0.2) is 4.79 Å². The van der Waals surface area contributed by atoms with Crippen molar-refractivity contribution in [1.82, 2.24) is 19.1 Å². The molecule has 0 radical (unpaired) electrons. The van der Waals surface area contributed by atoms with Gasteiger partial charge in [-0.2, -0.15) is 9.97 Å². The number of imidazole rings is 1. The van der Waals surface area contributed by atoms with Crippen LogP contribution in [0.5, 0.6) is 0 Å². The van der Waals surface area contributed by atoms with Crippen molar-refractivity contribution in [2.24, 2.45) is 0 Å². The van der Waals surface area contributed by atoms with Crippen LogP contribution in [0.2, 0.25) is 15.2 Å². The minimum Gasteiger partial charge on any atom is -0.368 e. The molecule has 24 heavy (non-hydrogen) atoms. The lowest BCUT2D eigenvalue weighted by Gasteiger charge is -2.05. The van der Waals surface area contributed by atoms with E-state index < -0.39 is 0 Å². The first kappa shape index (κ1) is 17.1. The van der Waals surface area contributed by atoms with Crippen molar-refractivity contribution in [2.45, 2.75) is 26.4 Å². The summed E-state index contributed by atoms with van der Waals surface area (Å²) in [6.07, 6.45) is 0.770. The van der Waals surface area contributed by atoms with Gasteiger partial charge in [-0.05, 0) is 24.1 Å². The maximum absolute atomic E-state index is 12.8. The van der Waals surface area contributed by atoms with Crippen LogP contribution in [0, 0.1) is 0 Å². The summed E-state index contributed by atoms with van der Waals surface area (Å²) in [4.78, 5) is 21.0. The van der Waals surface area contributed by atoms with Gasteiger partial charge in [0, 0.05) is 6.54 Å². The lowest BCUT2D eigenvalue weighted by atomic mass is 10.2. The lowest BCUT2D eigenvalue weighted by Crippen LogP contribution is -2.24. The molecule has 3 aromatic rings. The lowest BCUT2D eigenvalue weighted by molar-refractivity contribution is 0.637. The summed E-state index contributed by atoms with van der Waals surface area (Å²) in [5.74, 6) is 0.0176. The fourth-order valence-electron chi connectivity index (χ4n) is 2.58. The molecule has 0 bridgehead atoms. The highest BCUT2D eigenvalue weighted by Crippen LogP contribution is 2.25. The Bertz CT molecular complexity index is 979. The number of benzene rings is 1. The van der Waals surface area contributed by atoms with Gasteiger partial charge in [0.1, 0.15) is 5.52 Å². The molecule has 2 heterocycles. The molecule has 0 aliphatic carbocycles. The average molecular weight is 387 g/mol. The summed E-state index contributed by atoms with van der Waals surface area (Å²) >= 11 is 18.2. The highest BCUT2D eigenvalue weighted by Gasteiger charge is 2.19. The molecule has 0 aliphatic heterocycles. The average Bonchev–Trinajstić information content (AvgIpc) is 2.77. The number of hydrogen-bond donors (Lipinski definition) is 1. The fraction of sp³-hybridized carbons (Fsp3) is 0.267. The summed E-state index contributed by atoms with van der Waals surface area (Å²) in [6, 6.07) is 5.20. The maximum Gasteiger partial charge on any atom is 0.330 e. The predicted molar refractivity (Wildman–Crippen MR) is 97.1 cm³/mol. The van der Waals surface area contributed by atoms with Gasteiger partial charge in [-0.3, -0.25) is 9.13 Å². The van der Waals surface area contributed by atoms with Crippen LogP contribution >= 0.6 is 34.8 Å². The normalized spacial score (nSPS) is 11.3. The number of nitrogen functional groups attached to an aromatic ring is 1. The van der Waals surface area contributed by atoms with Crippen LogP contribution in [0.15, 0.2) is 23.0 Å². The largest absolute Gasteiger partial charge is 0.368 e. The van der Waals surface area contributed by atoms with Crippen molar-refractivity contribution in [3.05, 3.63) is 49.4 Å². The molecular formula is C15H14Cl3N5O. The molecule has 0 saturated heterocycles. The minimum absolute atomic E-state index is 0.0176. The highest BCUT2D eigenvalue weighted by molar-refractivity contribution is 6.42. The molecule has 2 N–H and O–H groups in total. The molecule has 1 aromatic carbocycles. The molecule has 0 unspecified atom stereocenters. The Kier molecular flexibility index (Phi) is 4.71. The molecular weight excluding hydrogens is 373 g/mol. The molecule has 0 atom stereocenters. The number of fused-ring (bicyclic) bond motifs is 1. The van der Waals surface area contributed by atoms with Gasteiger partial charge in [0.2, 0.25) is 5.95 Å². The zero-order chi connectivity index (χ0) is 17.4. The van der Waals surface area contributed by atoms with Crippen molar-refractivity contribution >= 4 is 51.9 Å². The first-order valence-electron chi connectivity index (χ1n) is 7.28. The van der Waals surface area contributed by atoms with Gasteiger partial charge in [-0.15, -0.1) is 0 Å². The second-order valence-corrected chi connectivity index (χ2v) is 6.49. The van der Waals surface area contributed by atoms with Crippen molar-refractivity contribution in [2.75, 3.05) is 5.73 Å². The second kappa shape index (κ2) is 6.63. The van der Waals surface area contributed by atoms with E-state index in [0.717, 1.165) is 12.0 Å². The first-order chi connectivity index (χ1) is 11.4. The summed E-state index contributed by atoms with van der Waals surface area (Å²) in [5.41, 5.74) is 7.17. The van der Waals surface area contributed by atoms with Gasteiger partial charge >= 0.3 is 5.69 Å². The number of nitrogens with zero attached hydrogens (tertiary/aromatic N) is 4. The molecule has 3 rings (SSSR count). The van der Waals surface area contributed by atoms with Gasteiger partial charge in [0.15, 0.2) is 10.8 Å². The third-order valence-corrected chi connectivity index (χ3v) is 4.60. The third kappa shape index (κ3) is 2.97. The standard InChI is InChI=1S/C15H14Cl3N5O/c1-2-5-22-11-12(18)20-14(19)21-13(11)23(15(22)24)7-8-3-4-9(16)10(17)6-8/h3-4,6H,2,5,7H2,1H3,(H2,19,20,21). The van der Waals surface area contributed by atoms with E-state index in [1.807, 2.05) is 6.92 Å². The number of hydrogen-bond acceptors (Lipinski definition) is 4. The quantitative estimate of drug-likeness (QED) is 0.695. The van der Waals surface area contributed by atoms with Gasteiger partial charge in [0.25, 0.3) is 0 Å². The van der Waals surface area contributed by atoms with E-state index in [2.05, 4.69) is 9.97 Å². The number of aromatic nitrogens is 4.